The number of aromatic nitrogens is 1. The standard InChI is InChI=1S/C26H30N3O6PS/c30-36(31,32)35-19-34-26-9-7-20-6-8-21(18-23(20)27-26)33-16-2-1-11-28-12-14-29(15-13-28)24-4-3-5-25-22(24)10-17-37-25/h3-10,17-18H,1-2,11-16,19H2,(H2,30,31,32). The van der Waals surface area contributed by atoms with E-state index in [1.165, 1.54) is 15.8 Å². The van der Waals surface area contributed by atoms with Gasteiger partial charge in [-0.2, -0.15) is 0 Å². The number of piperazine rings is 1. The number of nitrogens with zero attached hydrogens (tertiary/aromatic N) is 3. The average molecular weight is 544 g/mol. The normalized spacial score (nSPS) is 14.9. The minimum atomic E-state index is -4.59. The Bertz CT molecular complexity index is 1390. The zero-order chi connectivity index (χ0) is 25.7. The molecule has 0 bridgehead atoms. The fraction of sp³-hybridized carbons (Fsp3) is 0.346. The molecule has 1 saturated heterocycles. The third-order valence-electron chi connectivity index (χ3n) is 6.39. The molecule has 11 heteroatoms. The van der Waals surface area contributed by atoms with E-state index in [1.54, 1.807) is 17.4 Å². The van der Waals surface area contributed by atoms with E-state index >= 15 is 0 Å². The summed E-state index contributed by atoms with van der Waals surface area (Å²) in [6, 6.07) is 17.9. The summed E-state index contributed by atoms with van der Waals surface area (Å²) in [7, 11) is -4.59. The number of anilines is 1. The highest BCUT2D eigenvalue weighted by Gasteiger charge is 2.18. The van der Waals surface area contributed by atoms with Crippen molar-refractivity contribution in [1.29, 1.82) is 0 Å². The van der Waals surface area contributed by atoms with Crippen LogP contribution in [-0.2, 0) is 9.09 Å². The number of pyridine rings is 1. The Balaban J connectivity index is 1.04. The first-order valence-corrected chi connectivity index (χ1v) is 14.7. The Morgan fingerprint density at radius 3 is 2.65 bits per heavy atom. The number of phosphoric ester groups is 1. The lowest BCUT2D eigenvalue weighted by atomic mass is 10.2. The lowest BCUT2D eigenvalue weighted by Gasteiger charge is -2.36. The fourth-order valence-electron chi connectivity index (χ4n) is 4.50. The van der Waals surface area contributed by atoms with Crippen LogP contribution < -0.4 is 14.4 Å². The molecule has 196 valence electrons. The average Bonchev–Trinajstić information content (AvgIpc) is 3.37. The first-order valence-electron chi connectivity index (χ1n) is 12.2. The van der Waals surface area contributed by atoms with E-state index in [0.29, 0.717) is 12.1 Å². The molecule has 5 rings (SSSR count). The van der Waals surface area contributed by atoms with Crippen molar-refractivity contribution in [3.63, 3.8) is 0 Å². The summed E-state index contributed by atoms with van der Waals surface area (Å²) in [5.74, 6) is 0.935. The maximum atomic E-state index is 10.8. The minimum Gasteiger partial charge on any atom is -0.494 e. The molecule has 0 spiro atoms. The van der Waals surface area contributed by atoms with Crippen LogP contribution in [0.2, 0.25) is 0 Å². The van der Waals surface area contributed by atoms with Crippen molar-refractivity contribution in [2.75, 3.05) is 51.0 Å². The first-order chi connectivity index (χ1) is 17.9. The smallest absolute Gasteiger partial charge is 0.472 e. The predicted molar refractivity (Wildman–Crippen MR) is 146 cm³/mol. The lowest BCUT2D eigenvalue weighted by Crippen LogP contribution is -2.46. The largest absolute Gasteiger partial charge is 0.494 e. The molecule has 37 heavy (non-hydrogen) atoms. The van der Waals surface area contributed by atoms with Crippen LogP contribution in [0.4, 0.5) is 5.69 Å². The number of thiophene rings is 1. The van der Waals surface area contributed by atoms with E-state index in [1.807, 2.05) is 24.3 Å². The summed E-state index contributed by atoms with van der Waals surface area (Å²) in [5, 5.41) is 4.44. The van der Waals surface area contributed by atoms with Gasteiger partial charge in [0.2, 0.25) is 12.7 Å². The summed E-state index contributed by atoms with van der Waals surface area (Å²) >= 11 is 1.80. The third-order valence-corrected chi connectivity index (χ3v) is 7.71. The number of hydrogen-bond donors (Lipinski definition) is 2. The molecule has 2 aromatic carbocycles. The van der Waals surface area contributed by atoms with E-state index in [4.69, 9.17) is 19.3 Å². The summed E-state index contributed by atoms with van der Waals surface area (Å²) in [4.78, 5) is 26.9. The van der Waals surface area contributed by atoms with Gasteiger partial charge in [0.1, 0.15) is 5.75 Å². The van der Waals surface area contributed by atoms with E-state index in [-0.39, 0.29) is 5.88 Å². The molecule has 0 saturated carbocycles. The Morgan fingerprint density at radius 1 is 0.973 bits per heavy atom. The van der Waals surface area contributed by atoms with Crippen LogP contribution in [0.5, 0.6) is 11.6 Å². The maximum Gasteiger partial charge on any atom is 0.472 e. The topological polar surface area (TPSA) is 105 Å². The van der Waals surface area contributed by atoms with E-state index in [9.17, 15) is 4.57 Å². The van der Waals surface area contributed by atoms with Crippen LogP contribution in [0, 0.1) is 0 Å². The SMILES string of the molecule is O=P(O)(O)OCOc1ccc2ccc(OCCCCN3CCN(c4cccc5sccc45)CC3)cc2n1. The van der Waals surface area contributed by atoms with Gasteiger partial charge in [0.05, 0.1) is 12.1 Å². The van der Waals surface area contributed by atoms with Crippen molar-refractivity contribution in [3.8, 4) is 11.6 Å². The second-order valence-corrected chi connectivity index (χ2v) is 11.1. The predicted octanol–water partition coefficient (Wildman–Crippen LogP) is 4.88. The summed E-state index contributed by atoms with van der Waals surface area (Å²) in [5.41, 5.74) is 2.02. The third kappa shape index (κ3) is 6.98. The van der Waals surface area contributed by atoms with Gasteiger partial charge >= 0.3 is 7.82 Å². The number of fused-ring (bicyclic) bond motifs is 2. The molecule has 0 unspecified atom stereocenters. The van der Waals surface area contributed by atoms with Crippen LogP contribution in [0.25, 0.3) is 21.0 Å². The molecule has 1 fully saturated rings. The number of rotatable bonds is 11. The Hall–Kier alpha value is -2.72. The molecule has 3 heterocycles. The summed E-state index contributed by atoms with van der Waals surface area (Å²) in [6.07, 6.45) is 2.03. The molecule has 2 aromatic heterocycles. The van der Waals surface area contributed by atoms with Gasteiger partial charge in [-0.25, -0.2) is 14.1 Å². The van der Waals surface area contributed by atoms with Gasteiger partial charge < -0.3 is 24.2 Å². The monoisotopic (exact) mass is 543 g/mol. The molecule has 2 N–H and O–H groups in total. The summed E-state index contributed by atoms with van der Waals surface area (Å²) in [6.45, 7) is 5.34. The van der Waals surface area contributed by atoms with Crippen molar-refractivity contribution >= 4 is 45.8 Å². The maximum absolute atomic E-state index is 10.8. The quantitative estimate of drug-likeness (QED) is 0.156. The summed E-state index contributed by atoms with van der Waals surface area (Å²) < 4.78 is 27.5. The lowest BCUT2D eigenvalue weighted by molar-refractivity contribution is 0.0798. The van der Waals surface area contributed by atoms with Crippen LogP contribution >= 0.6 is 19.2 Å². The van der Waals surface area contributed by atoms with Gasteiger partial charge in [-0.15, -0.1) is 11.3 Å². The van der Waals surface area contributed by atoms with Crippen LogP contribution in [0.15, 0.2) is 60.0 Å². The van der Waals surface area contributed by atoms with Crippen molar-refractivity contribution in [2.45, 2.75) is 12.8 Å². The van der Waals surface area contributed by atoms with Crippen LogP contribution in [0.1, 0.15) is 12.8 Å². The van der Waals surface area contributed by atoms with Crippen molar-refractivity contribution in [2.24, 2.45) is 0 Å². The second kappa shape index (κ2) is 11.8. The molecule has 0 amide bonds. The van der Waals surface area contributed by atoms with Gasteiger partial charge in [0.15, 0.2) is 0 Å². The molecule has 0 radical (unpaired) electrons. The van der Waals surface area contributed by atoms with Gasteiger partial charge in [-0.05, 0) is 61.2 Å². The molecule has 4 aromatic rings. The molecule has 0 atom stereocenters. The van der Waals surface area contributed by atoms with E-state index in [0.717, 1.165) is 56.7 Å². The number of hydrogen-bond acceptors (Lipinski definition) is 8. The molecular weight excluding hydrogens is 513 g/mol. The highest BCUT2D eigenvalue weighted by molar-refractivity contribution is 7.46. The zero-order valence-corrected chi connectivity index (χ0v) is 22.1. The van der Waals surface area contributed by atoms with Crippen LogP contribution in [0.3, 0.4) is 0 Å². The number of benzene rings is 2. The van der Waals surface area contributed by atoms with Crippen LogP contribution in [-0.4, -0.2) is 65.8 Å². The fourth-order valence-corrected chi connectivity index (χ4v) is 5.50. The molecule has 1 aliphatic rings. The van der Waals surface area contributed by atoms with Crippen molar-refractivity contribution in [1.82, 2.24) is 9.88 Å². The minimum absolute atomic E-state index is 0.213. The van der Waals surface area contributed by atoms with Crippen molar-refractivity contribution < 1.29 is 28.3 Å². The number of ether oxygens (including phenoxy) is 2. The van der Waals surface area contributed by atoms with E-state index < -0.39 is 14.6 Å². The Labute approximate surface area is 219 Å². The number of phosphoric acid groups is 1. The second-order valence-electron chi connectivity index (χ2n) is 8.88. The highest BCUT2D eigenvalue weighted by atomic mass is 32.1. The van der Waals surface area contributed by atoms with E-state index in [2.05, 4.69) is 49.0 Å². The molecule has 1 aliphatic heterocycles. The molecular formula is C26H30N3O6PS. The van der Waals surface area contributed by atoms with Crippen molar-refractivity contribution in [3.05, 3.63) is 60.0 Å². The highest BCUT2D eigenvalue weighted by Crippen LogP contribution is 2.35. The first kappa shape index (κ1) is 25.9. The van der Waals surface area contributed by atoms with Gasteiger partial charge in [0.25, 0.3) is 0 Å². The molecule has 9 nitrogen and oxygen atoms in total. The number of unbranched alkanes of at least 4 members (excludes halogenated alkanes) is 1. The molecule has 0 aliphatic carbocycles. The zero-order valence-electron chi connectivity index (χ0n) is 20.4. The van der Waals surface area contributed by atoms with Gasteiger partial charge in [-0.3, -0.25) is 4.90 Å². The van der Waals surface area contributed by atoms with Gasteiger partial charge in [0, 0.05) is 59.5 Å². The Morgan fingerprint density at radius 2 is 1.81 bits per heavy atom. The Kier molecular flexibility index (Phi) is 8.24. The van der Waals surface area contributed by atoms with Gasteiger partial charge in [-0.1, -0.05) is 6.07 Å².